The van der Waals surface area contributed by atoms with Gasteiger partial charge >= 0.3 is 5.97 Å². The summed E-state index contributed by atoms with van der Waals surface area (Å²) >= 11 is 11.8. The van der Waals surface area contributed by atoms with Crippen molar-refractivity contribution in [3.8, 4) is 5.75 Å². The lowest BCUT2D eigenvalue weighted by Crippen LogP contribution is -2.09. The Bertz CT molecular complexity index is 752. The second-order valence-corrected chi connectivity index (χ2v) is 5.42. The summed E-state index contributed by atoms with van der Waals surface area (Å²) in [4.78, 5) is 22.5. The van der Waals surface area contributed by atoms with Crippen molar-refractivity contribution in [1.82, 2.24) is 0 Å². The van der Waals surface area contributed by atoms with Crippen LogP contribution in [0.1, 0.15) is 15.9 Å². The molecule has 4 nitrogen and oxygen atoms in total. The van der Waals surface area contributed by atoms with Crippen LogP contribution in [0.5, 0.6) is 5.75 Å². The van der Waals surface area contributed by atoms with Gasteiger partial charge in [-0.05, 0) is 42.0 Å². The molecule has 0 aliphatic heterocycles. The number of halogens is 2. The molecule has 0 aliphatic rings. The van der Waals surface area contributed by atoms with Crippen molar-refractivity contribution in [3.63, 3.8) is 0 Å². The van der Waals surface area contributed by atoms with Gasteiger partial charge in [0.2, 0.25) is 0 Å². The zero-order chi connectivity index (χ0) is 16.8. The van der Waals surface area contributed by atoms with Crippen molar-refractivity contribution in [3.05, 3.63) is 69.7 Å². The number of rotatable bonds is 6. The Kier molecular flexibility index (Phi) is 5.79. The van der Waals surface area contributed by atoms with Crippen LogP contribution in [0.4, 0.5) is 0 Å². The van der Waals surface area contributed by atoms with Crippen LogP contribution >= 0.6 is 23.2 Å². The molecule has 0 atom stereocenters. The van der Waals surface area contributed by atoms with Crippen LogP contribution in [0, 0.1) is 0 Å². The van der Waals surface area contributed by atoms with Gasteiger partial charge in [0, 0.05) is 10.6 Å². The molecule has 0 aromatic heterocycles. The highest BCUT2D eigenvalue weighted by molar-refractivity contribution is 6.37. The number of carboxylic acids is 1. The Morgan fingerprint density at radius 2 is 1.78 bits per heavy atom. The van der Waals surface area contributed by atoms with E-state index in [9.17, 15) is 9.59 Å². The standard InChI is InChI=1S/C17H12Cl2O4/c18-12-4-7-14(15(19)9-12)16(20)8-3-11-1-5-13(6-2-11)23-10-17(21)22/h1-9H,10H2,(H,21,22)/b8-3+. The van der Waals surface area contributed by atoms with E-state index in [0.717, 1.165) is 5.56 Å². The molecule has 2 rings (SSSR count). The van der Waals surface area contributed by atoms with Crippen LogP contribution in [-0.2, 0) is 4.79 Å². The SMILES string of the molecule is O=C(O)COc1ccc(/C=C/C(=O)c2ccc(Cl)cc2Cl)cc1. The first-order valence-corrected chi connectivity index (χ1v) is 7.33. The Balaban J connectivity index is 2.04. The molecule has 0 bridgehead atoms. The van der Waals surface area contributed by atoms with E-state index in [-0.39, 0.29) is 5.78 Å². The summed E-state index contributed by atoms with van der Waals surface area (Å²) < 4.78 is 5.02. The topological polar surface area (TPSA) is 63.6 Å². The summed E-state index contributed by atoms with van der Waals surface area (Å²) in [6, 6.07) is 11.4. The van der Waals surface area contributed by atoms with Gasteiger partial charge in [-0.25, -0.2) is 4.79 Å². The lowest BCUT2D eigenvalue weighted by atomic mass is 10.1. The maximum absolute atomic E-state index is 12.1. The minimum atomic E-state index is -1.04. The third kappa shape index (κ3) is 5.13. The molecule has 0 heterocycles. The number of ether oxygens (including phenoxy) is 1. The predicted octanol–water partition coefficient (Wildman–Crippen LogP) is 4.35. The average molecular weight is 351 g/mol. The number of aliphatic carboxylic acids is 1. The average Bonchev–Trinajstić information content (AvgIpc) is 2.51. The first-order valence-electron chi connectivity index (χ1n) is 6.58. The molecule has 1 N–H and O–H groups in total. The van der Waals surface area contributed by atoms with Gasteiger partial charge in [0.25, 0.3) is 0 Å². The van der Waals surface area contributed by atoms with E-state index in [1.807, 2.05) is 0 Å². The molecule has 0 unspecified atom stereocenters. The molecular weight excluding hydrogens is 339 g/mol. The number of carbonyl (C=O) groups excluding carboxylic acids is 1. The van der Waals surface area contributed by atoms with E-state index in [0.29, 0.717) is 21.4 Å². The molecular formula is C17H12Cl2O4. The second-order valence-electron chi connectivity index (χ2n) is 4.57. The number of benzene rings is 2. The van der Waals surface area contributed by atoms with Gasteiger partial charge in [-0.15, -0.1) is 0 Å². The summed E-state index contributed by atoms with van der Waals surface area (Å²) in [6.07, 6.45) is 3.04. The monoisotopic (exact) mass is 350 g/mol. The smallest absolute Gasteiger partial charge is 0.341 e. The van der Waals surface area contributed by atoms with Gasteiger partial charge in [-0.3, -0.25) is 4.79 Å². The second kappa shape index (κ2) is 7.81. The van der Waals surface area contributed by atoms with E-state index in [4.69, 9.17) is 33.0 Å². The van der Waals surface area contributed by atoms with Crippen molar-refractivity contribution < 1.29 is 19.4 Å². The fourth-order valence-electron chi connectivity index (χ4n) is 1.77. The van der Waals surface area contributed by atoms with Crippen molar-refractivity contribution in [2.45, 2.75) is 0 Å². The minimum Gasteiger partial charge on any atom is -0.482 e. The summed E-state index contributed by atoms with van der Waals surface area (Å²) in [5.74, 6) is -0.839. The quantitative estimate of drug-likeness (QED) is 0.621. The highest BCUT2D eigenvalue weighted by Crippen LogP contribution is 2.22. The molecule has 0 aliphatic carbocycles. The molecule has 23 heavy (non-hydrogen) atoms. The van der Waals surface area contributed by atoms with Crippen LogP contribution in [0.15, 0.2) is 48.5 Å². The maximum atomic E-state index is 12.1. The first kappa shape index (κ1) is 17.1. The molecule has 0 spiro atoms. The molecule has 0 radical (unpaired) electrons. The predicted molar refractivity (Wildman–Crippen MR) is 89.4 cm³/mol. The number of hydrogen-bond acceptors (Lipinski definition) is 3. The highest BCUT2D eigenvalue weighted by Gasteiger charge is 2.07. The molecule has 118 valence electrons. The Hall–Kier alpha value is -2.30. The maximum Gasteiger partial charge on any atom is 0.341 e. The molecule has 2 aromatic rings. The summed E-state index contributed by atoms with van der Waals surface area (Å²) in [5.41, 5.74) is 1.14. The highest BCUT2D eigenvalue weighted by atomic mass is 35.5. The van der Waals surface area contributed by atoms with Gasteiger partial charge in [-0.2, -0.15) is 0 Å². The lowest BCUT2D eigenvalue weighted by Gasteiger charge is -2.03. The molecule has 0 saturated heterocycles. The Morgan fingerprint density at radius 3 is 2.39 bits per heavy atom. The molecule has 0 saturated carbocycles. The molecule has 2 aromatic carbocycles. The molecule has 0 fully saturated rings. The van der Waals surface area contributed by atoms with E-state index in [2.05, 4.69) is 0 Å². The molecule has 6 heteroatoms. The molecule has 0 amide bonds. The zero-order valence-corrected chi connectivity index (χ0v) is 13.3. The number of hydrogen-bond donors (Lipinski definition) is 1. The van der Waals surface area contributed by atoms with Gasteiger partial charge in [-0.1, -0.05) is 41.4 Å². The summed E-state index contributed by atoms with van der Waals surface area (Å²) in [5, 5.41) is 9.29. The van der Waals surface area contributed by atoms with Gasteiger partial charge in [0.1, 0.15) is 5.75 Å². The van der Waals surface area contributed by atoms with Crippen molar-refractivity contribution in [2.24, 2.45) is 0 Å². The van der Waals surface area contributed by atoms with Crippen LogP contribution in [0.25, 0.3) is 6.08 Å². The van der Waals surface area contributed by atoms with Crippen molar-refractivity contribution in [1.29, 1.82) is 0 Å². The Labute approximate surface area is 142 Å². The van der Waals surface area contributed by atoms with E-state index in [1.54, 1.807) is 42.5 Å². The summed E-state index contributed by atoms with van der Waals surface area (Å²) in [6.45, 7) is -0.400. The van der Waals surface area contributed by atoms with Gasteiger partial charge in [0.05, 0.1) is 5.02 Å². The third-order valence-electron chi connectivity index (χ3n) is 2.87. The largest absolute Gasteiger partial charge is 0.482 e. The van der Waals surface area contributed by atoms with Crippen molar-refractivity contribution >= 4 is 41.0 Å². The van der Waals surface area contributed by atoms with Gasteiger partial charge in [0.15, 0.2) is 12.4 Å². The number of carboxylic acid groups (broad SMARTS) is 1. The van der Waals surface area contributed by atoms with Crippen LogP contribution in [0.3, 0.4) is 0 Å². The van der Waals surface area contributed by atoms with E-state index in [1.165, 1.54) is 12.1 Å². The van der Waals surface area contributed by atoms with Crippen molar-refractivity contribution in [2.75, 3.05) is 6.61 Å². The normalized spacial score (nSPS) is 10.7. The fourth-order valence-corrected chi connectivity index (χ4v) is 2.27. The van der Waals surface area contributed by atoms with E-state index < -0.39 is 12.6 Å². The summed E-state index contributed by atoms with van der Waals surface area (Å²) in [7, 11) is 0. The third-order valence-corrected chi connectivity index (χ3v) is 3.41. The van der Waals surface area contributed by atoms with Crippen LogP contribution < -0.4 is 4.74 Å². The Morgan fingerprint density at radius 1 is 1.09 bits per heavy atom. The van der Waals surface area contributed by atoms with Crippen LogP contribution in [-0.4, -0.2) is 23.5 Å². The van der Waals surface area contributed by atoms with Gasteiger partial charge < -0.3 is 9.84 Å². The minimum absolute atomic E-state index is 0.238. The zero-order valence-electron chi connectivity index (χ0n) is 11.8. The number of allylic oxidation sites excluding steroid dienone is 1. The first-order chi connectivity index (χ1) is 11.0. The van der Waals surface area contributed by atoms with Crippen LogP contribution in [0.2, 0.25) is 10.0 Å². The fraction of sp³-hybridized carbons (Fsp3) is 0.0588. The lowest BCUT2D eigenvalue weighted by molar-refractivity contribution is -0.139. The number of ketones is 1. The number of carbonyl (C=O) groups is 2. The van der Waals surface area contributed by atoms with E-state index >= 15 is 0 Å².